The monoisotopic (exact) mass is 273 g/mol. The number of ether oxygens (including phenoxy) is 1. The van der Waals surface area contributed by atoms with Crippen LogP contribution in [0, 0.1) is 5.82 Å². The van der Waals surface area contributed by atoms with E-state index < -0.39 is 11.7 Å². The number of amides is 1. The summed E-state index contributed by atoms with van der Waals surface area (Å²) < 4.78 is 18.6. The minimum absolute atomic E-state index is 0.0267. The number of halogens is 1. The highest BCUT2D eigenvalue weighted by Gasteiger charge is 2.11. The van der Waals surface area contributed by atoms with Crippen LogP contribution in [-0.4, -0.2) is 19.6 Å². The van der Waals surface area contributed by atoms with Gasteiger partial charge in [0.1, 0.15) is 11.6 Å². The van der Waals surface area contributed by atoms with E-state index in [0.29, 0.717) is 18.7 Å². The Morgan fingerprint density at radius 1 is 1.20 bits per heavy atom. The molecular weight excluding hydrogens is 257 g/mol. The van der Waals surface area contributed by atoms with Gasteiger partial charge in [0.2, 0.25) is 0 Å². The van der Waals surface area contributed by atoms with Gasteiger partial charge in [-0.3, -0.25) is 4.79 Å². The van der Waals surface area contributed by atoms with E-state index in [-0.39, 0.29) is 5.56 Å². The van der Waals surface area contributed by atoms with Gasteiger partial charge >= 0.3 is 0 Å². The topological polar surface area (TPSA) is 38.3 Å². The summed E-state index contributed by atoms with van der Waals surface area (Å²) in [5.74, 6) is -0.606. The summed E-state index contributed by atoms with van der Waals surface area (Å²) in [5.41, 5.74) is 1.15. The standard InChI is InChI=1S/C16H16FNO2/c1-20-13-7-8-14(15(17)11-13)16(19)18-10-9-12-5-3-2-4-6-12/h2-8,11H,9-10H2,1H3,(H,18,19). The Hall–Kier alpha value is -2.36. The highest BCUT2D eigenvalue weighted by Crippen LogP contribution is 2.16. The molecule has 0 saturated heterocycles. The molecule has 3 nitrogen and oxygen atoms in total. The Balaban J connectivity index is 1.92. The molecule has 20 heavy (non-hydrogen) atoms. The van der Waals surface area contributed by atoms with Crippen LogP contribution in [0.4, 0.5) is 4.39 Å². The van der Waals surface area contributed by atoms with Crippen molar-refractivity contribution in [3.05, 3.63) is 65.5 Å². The molecule has 1 amide bonds. The number of hydrogen-bond acceptors (Lipinski definition) is 2. The average molecular weight is 273 g/mol. The molecule has 0 heterocycles. The number of methoxy groups -OCH3 is 1. The minimum Gasteiger partial charge on any atom is -0.497 e. The third-order valence-corrected chi connectivity index (χ3v) is 2.96. The molecule has 0 radical (unpaired) electrons. The molecule has 104 valence electrons. The summed E-state index contributed by atoms with van der Waals surface area (Å²) >= 11 is 0. The van der Waals surface area contributed by atoms with Gasteiger partial charge in [0, 0.05) is 12.6 Å². The summed E-state index contributed by atoms with van der Waals surface area (Å²) in [5, 5.41) is 2.71. The second kappa shape index (κ2) is 6.70. The highest BCUT2D eigenvalue weighted by molar-refractivity contribution is 5.94. The second-order valence-corrected chi connectivity index (χ2v) is 4.34. The summed E-state index contributed by atoms with van der Waals surface area (Å²) in [6.07, 6.45) is 0.713. The molecule has 2 rings (SSSR count). The smallest absolute Gasteiger partial charge is 0.254 e. The van der Waals surface area contributed by atoms with Gasteiger partial charge in [-0.15, -0.1) is 0 Å². The van der Waals surface area contributed by atoms with Crippen LogP contribution in [0.15, 0.2) is 48.5 Å². The Morgan fingerprint density at radius 2 is 1.95 bits per heavy atom. The number of benzene rings is 2. The number of nitrogens with one attached hydrogen (secondary N) is 1. The summed E-state index contributed by atoms with van der Waals surface area (Å²) in [4.78, 5) is 11.9. The molecule has 0 saturated carbocycles. The van der Waals surface area contributed by atoms with Gasteiger partial charge in [-0.2, -0.15) is 0 Å². The number of carbonyl (C=O) groups is 1. The van der Waals surface area contributed by atoms with E-state index in [1.165, 1.54) is 19.2 Å². The highest BCUT2D eigenvalue weighted by atomic mass is 19.1. The van der Waals surface area contributed by atoms with Crippen molar-refractivity contribution in [3.63, 3.8) is 0 Å². The Morgan fingerprint density at radius 3 is 2.60 bits per heavy atom. The maximum atomic E-state index is 13.7. The minimum atomic E-state index is -0.582. The second-order valence-electron chi connectivity index (χ2n) is 4.34. The third-order valence-electron chi connectivity index (χ3n) is 2.96. The lowest BCUT2D eigenvalue weighted by Crippen LogP contribution is -2.26. The average Bonchev–Trinajstić information content (AvgIpc) is 2.48. The van der Waals surface area contributed by atoms with E-state index in [1.54, 1.807) is 6.07 Å². The summed E-state index contributed by atoms with van der Waals surface area (Å²) in [6.45, 7) is 0.467. The zero-order valence-electron chi connectivity index (χ0n) is 11.2. The molecule has 1 N–H and O–H groups in total. The Bertz CT molecular complexity index is 584. The van der Waals surface area contributed by atoms with Gasteiger partial charge in [-0.25, -0.2) is 4.39 Å². The van der Waals surface area contributed by atoms with Crippen LogP contribution in [0.2, 0.25) is 0 Å². The van der Waals surface area contributed by atoms with E-state index in [2.05, 4.69) is 5.32 Å². The fourth-order valence-electron chi connectivity index (χ4n) is 1.87. The predicted molar refractivity (Wildman–Crippen MR) is 75.4 cm³/mol. The number of hydrogen-bond donors (Lipinski definition) is 1. The molecule has 0 aromatic heterocycles. The van der Waals surface area contributed by atoms with E-state index in [1.807, 2.05) is 30.3 Å². The largest absolute Gasteiger partial charge is 0.497 e. The van der Waals surface area contributed by atoms with Crippen LogP contribution in [0.25, 0.3) is 0 Å². The lowest BCUT2D eigenvalue weighted by Gasteiger charge is -2.07. The van der Waals surface area contributed by atoms with Crippen molar-refractivity contribution in [2.24, 2.45) is 0 Å². The SMILES string of the molecule is COc1ccc(C(=O)NCCc2ccccc2)c(F)c1. The van der Waals surface area contributed by atoms with Crippen molar-refractivity contribution < 1.29 is 13.9 Å². The van der Waals surface area contributed by atoms with E-state index in [9.17, 15) is 9.18 Å². The lowest BCUT2D eigenvalue weighted by atomic mass is 10.1. The van der Waals surface area contributed by atoms with Crippen molar-refractivity contribution in [3.8, 4) is 5.75 Å². The van der Waals surface area contributed by atoms with Gasteiger partial charge in [-0.05, 0) is 24.1 Å². The summed E-state index contributed by atoms with van der Waals surface area (Å²) in [6, 6.07) is 14.0. The molecule has 2 aromatic rings. The van der Waals surface area contributed by atoms with Gasteiger partial charge < -0.3 is 10.1 Å². The molecule has 0 atom stereocenters. The molecule has 0 bridgehead atoms. The van der Waals surface area contributed by atoms with E-state index >= 15 is 0 Å². The molecule has 0 unspecified atom stereocenters. The normalized spacial score (nSPS) is 10.1. The Labute approximate surface area is 117 Å². The zero-order chi connectivity index (χ0) is 14.4. The van der Waals surface area contributed by atoms with Gasteiger partial charge in [0.15, 0.2) is 0 Å². The first-order chi connectivity index (χ1) is 9.70. The van der Waals surface area contributed by atoms with Crippen molar-refractivity contribution in [2.45, 2.75) is 6.42 Å². The first-order valence-corrected chi connectivity index (χ1v) is 6.36. The molecule has 0 spiro atoms. The van der Waals surface area contributed by atoms with Crippen molar-refractivity contribution in [1.82, 2.24) is 5.32 Å². The molecule has 0 fully saturated rings. The van der Waals surface area contributed by atoms with E-state index in [4.69, 9.17) is 4.74 Å². The molecule has 0 aliphatic heterocycles. The first-order valence-electron chi connectivity index (χ1n) is 6.36. The summed E-state index contributed by atoms with van der Waals surface area (Å²) in [7, 11) is 1.45. The molecule has 0 aliphatic rings. The van der Waals surface area contributed by atoms with Crippen LogP contribution in [0.3, 0.4) is 0 Å². The number of carbonyl (C=O) groups excluding carboxylic acids is 1. The fraction of sp³-hybridized carbons (Fsp3) is 0.188. The van der Waals surface area contributed by atoms with Crippen molar-refractivity contribution in [1.29, 1.82) is 0 Å². The quantitative estimate of drug-likeness (QED) is 0.909. The maximum absolute atomic E-state index is 13.7. The van der Waals surface area contributed by atoms with Crippen LogP contribution >= 0.6 is 0 Å². The van der Waals surface area contributed by atoms with Gasteiger partial charge in [0.05, 0.1) is 12.7 Å². The van der Waals surface area contributed by atoms with Crippen molar-refractivity contribution in [2.75, 3.05) is 13.7 Å². The first kappa shape index (κ1) is 14.1. The van der Waals surface area contributed by atoms with Crippen LogP contribution in [0.1, 0.15) is 15.9 Å². The fourth-order valence-corrected chi connectivity index (χ4v) is 1.87. The number of rotatable bonds is 5. The maximum Gasteiger partial charge on any atom is 0.254 e. The molecule has 4 heteroatoms. The zero-order valence-corrected chi connectivity index (χ0v) is 11.2. The third kappa shape index (κ3) is 3.57. The lowest BCUT2D eigenvalue weighted by molar-refractivity contribution is 0.0950. The van der Waals surface area contributed by atoms with Crippen LogP contribution in [-0.2, 0) is 6.42 Å². The van der Waals surface area contributed by atoms with Gasteiger partial charge in [0.25, 0.3) is 5.91 Å². The van der Waals surface area contributed by atoms with Crippen LogP contribution in [0.5, 0.6) is 5.75 Å². The Kier molecular flexibility index (Phi) is 4.71. The van der Waals surface area contributed by atoms with E-state index in [0.717, 1.165) is 5.56 Å². The molecule has 2 aromatic carbocycles. The molecule has 0 aliphatic carbocycles. The molecular formula is C16H16FNO2. The predicted octanol–water partition coefficient (Wildman–Crippen LogP) is 2.81. The van der Waals surface area contributed by atoms with Crippen molar-refractivity contribution >= 4 is 5.91 Å². The van der Waals surface area contributed by atoms with Gasteiger partial charge in [-0.1, -0.05) is 30.3 Å². The van der Waals surface area contributed by atoms with Crippen LogP contribution < -0.4 is 10.1 Å².